The molecule has 2 heterocycles. The molecule has 0 aliphatic carbocycles. The van der Waals surface area contributed by atoms with Crippen molar-refractivity contribution in [3.63, 3.8) is 0 Å². The molecule has 0 spiro atoms. The number of rotatable bonds is 3. The van der Waals surface area contributed by atoms with Gasteiger partial charge in [0.2, 0.25) is 11.8 Å². The Hall–Kier alpha value is -1.16. The van der Waals surface area contributed by atoms with E-state index in [1.165, 1.54) is 10.5 Å². The van der Waals surface area contributed by atoms with Crippen molar-refractivity contribution >= 4 is 11.8 Å². The first kappa shape index (κ1) is 10.4. The SMILES string of the molecule is O=C1CCC(=O)N1CCC1=CCNCC1. The summed E-state index contributed by atoms with van der Waals surface area (Å²) in [7, 11) is 0. The fraction of sp³-hybridized carbons (Fsp3) is 0.636. The third-order valence-corrected chi connectivity index (χ3v) is 2.97. The third kappa shape index (κ3) is 2.45. The van der Waals surface area contributed by atoms with Crippen LogP contribution >= 0.6 is 0 Å². The van der Waals surface area contributed by atoms with E-state index >= 15 is 0 Å². The van der Waals surface area contributed by atoms with Gasteiger partial charge < -0.3 is 5.32 Å². The molecule has 1 saturated heterocycles. The van der Waals surface area contributed by atoms with E-state index in [-0.39, 0.29) is 11.8 Å². The topological polar surface area (TPSA) is 49.4 Å². The lowest BCUT2D eigenvalue weighted by Gasteiger charge is -2.17. The van der Waals surface area contributed by atoms with Crippen molar-refractivity contribution in [2.45, 2.75) is 25.7 Å². The Morgan fingerprint density at radius 1 is 1.20 bits per heavy atom. The number of likely N-dealkylation sites (tertiary alicyclic amines) is 1. The van der Waals surface area contributed by atoms with Crippen LogP contribution in [-0.2, 0) is 9.59 Å². The van der Waals surface area contributed by atoms with Gasteiger partial charge in [0, 0.05) is 25.9 Å². The molecule has 0 saturated carbocycles. The zero-order chi connectivity index (χ0) is 10.7. The molecule has 2 aliphatic rings. The molecule has 0 aromatic rings. The minimum atomic E-state index is -0.00506. The average molecular weight is 208 g/mol. The maximum absolute atomic E-state index is 11.3. The highest BCUT2D eigenvalue weighted by Gasteiger charge is 2.28. The molecule has 2 amide bonds. The number of carbonyl (C=O) groups is 2. The first-order valence-electron chi connectivity index (χ1n) is 5.49. The number of hydrogen-bond acceptors (Lipinski definition) is 3. The van der Waals surface area contributed by atoms with Gasteiger partial charge in [0.1, 0.15) is 0 Å². The predicted molar refractivity (Wildman–Crippen MR) is 56.1 cm³/mol. The molecule has 4 nitrogen and oxygen atoms in total. The number of nitrogens with one attached hydrogen (secondary N) is 1. The standard InChI is InChI=1S/C11H16N2O2/c14-10-1-2-11(15)13(10)8-5-9-3-6-12-7-4-9/h3,12H,1-2,4-8H2. The van der Waals surface area contributed by atoms with Gasteiger partial charge in [0.15, 0.2) is 0 Å². The van der Waals surface area contributed by atoms with Gasteiger partial charge in [-0.3, -0.25) is 14.5 Å². The molecule has 15 heavy (non-hydrogen) atoms. The van der Waals surface area contributed by atoms with Gasteiger partial charge in [-0.15, -0.1) is 0 Å². The van der Waals surface area contributed by atoms with Crippen LogP contribution in [-0.4, -0.2) is 36.3 Å². The molecular weight excluding hydrogens is 192 g/mol. The van der Waals surface area contributed by atoms with Gasteiger partial charge in [-0.05, 0) is 19.4 Å². The van der Waals surface area contributed by atoms with Crippen LogP contribution in [0.5, 0.6) is 0 Å². The lowest BCUT2D eigenvalue weighted by Crippen LogP contribution is -2.31. The molecule has 82 valence electrons. The second-order valence-corrected chi connectivity index (χ2v) is 4.01. The second-order valence-electron chi connectivity index (χ2n) is 4.01. The molecule has 2 aliphatic heterocycles. The fourth-order valence-corrected chi connectivity index (χ4v) is 2.02. The molecule has 4 heteroatoms. The zero-order valence-corrected chi connectivity index (χ0v) is 8.79. The molecule has 0 radical (unpaired) electrons. The summed E-state index contributed by atoms with van der Waals surface area (Å²) in [6.07, 6.45) is 4.85. The Morgan fingerprint density at radius 3 is 2.53 bits per heavy atom. The summed E-state index contributed by atoms with van der Waals surface area (Å²) in [5.74, 6) is -0.0101. The number of carbonyl (C=O) groups excluding carboxylic acids is 2. The molecule has 0 atom stereocenters. The van der Waals surface area contributed by atoms with E-state index in [4.69, 9.17) is 0 Å². The van der Waals surface area contributed by atoms with Gasteiger partial charge in [-0.2, -0.15) is 0 Å². The Morgan fingerprint density at radius 2 is 1.93 bits per heavy atom. The molecule has 0 aromatic carbocycles. The molecule has 1 N–H and O–H groups in total. The van der Waals surface area contributed by atoms with E-state index in [0.29, 0.717) is 19.4 Å². The monoisotopic (exact) mass is 208 g/mol. The van der Waals surface area contributed by atoms with Crippen LogP contribution in [0.25, 0.3) is 0 Å². The number of nitrogens with zero attached hydrogens (tertiary/aromatic N) is 1. The summed E-state index contributed by atoms with van der Waals surface area (Å²) >= 11 is 0. The summed E-state index contributed by atoms with van der Waals surface area (Å²) in [4.78, 5) is 24.1. The van der Waals surface area contributed by atoms with Gasteiger partial charge in [0.05, 0.1) is 0 Å². The quantitative estimate of drug-likeness (QED) is 0.541. The van der Waals surface area contributed by atoms with Crippen molar-refractivity contribution < 1.29 is 9.59 Å². The van der Waals surface area contributed by atoms with Crippen molar-refractivity contribution in [1.82, 2.24) is 10.2 Å². The summed E-state index contributed by atoms with van der Waals surface area (Å²) in [5, 5.41) is 3.24. The predicted octanol–water partition coefficient (Wildman–Crippen LogP) is 0.445. The van der Waals surface area contributed by atoms with Crippen LogP contribution in [0.3, 0.4) is 0 Å². The van der Waals surface area contributed by atoms with Crippen LogP contribution in [0.1, 0.15) is 25.7 Å². The largest absolute Gasteiger partial charge is 0.313 e. The minimum absolute atomic E-state index is 0.00506. The van der Waals surface area contributed by atoms with Crippen LogP contribution in [0.4, 0.5) is 0 Å². The van der Waals surface area contributed by atoms with Gasteiger partial charge >= 0.3 is 0 Å². The lowest BCUT2D eigenvalue weighted by molar-refractivity contribution is -0.138. The molecule has 0 bridgehead atoms. The van der Waals surface area contributed by atoms with E-state index in [9.17, 15) is 9.59 Å². The Labute approximate surface area is 89.3 Å². The van der Waals surface area contributed by atoms with Crippen molar-refractivity contribution in [2.24, 2.45) is 0 Å². The molecule has 0 unspecified atom stereocenters. The Kier molecular flexibility index (Phi) is 3.16. The van der Waals surface area contributed by atoms with Crippen LogP contribution in [0, 0.1) is 0 Å². The highest BCUT2D eigenvalue weighted by molar-refractivity contribution is 6.01. The summed E-state index contributed by atoms with van der Waals surface area (Å²) in [6, 6.07) is 0. The van der Waals surface area contributed by atoms with E-state index in [0.717, 1.165) is 25.9 Å². The average Bonchev–Trinajstić information content (AvgIpc) is 2.58. The normalized spacial score (nSPS) is 22.1. The first-order chi connectivity index (χ1) is 7.27. The van der Waals surface area contributed by atoms with Crippen LogP contribution < -0.4 is 5.32 Å². The molecule has 2 rings (SSSR count). The fourth-order valence-electron chi connectivity index (χ4n) is 2.02. The van der Waals surface area contributed by atoms with Crippen LogP contribution in [0.15, 0.2) is 11.6 Å². The minimum Gasteiger partial charge on any atom is -0.313 e. The number of imide groups is 1. The van der Waals surface area contributed by atoms with Gasteiger partial charge in [0.25, 0.3) is 0 Å². The summed E-state index contributed by atoms with van der Waals surface area (Å²) < 4.78 is 0. The first-order valence-corrected chi connectivity index (χ1v) is 5.49. The zero-order valence-electron chi connectivity index (χ0n) is 8.79. The van der Waals surface area contributed by atoms with Crippen LogP contribution in [0.2, 0.25) is 0 Å². The molecular formula is C11H16N2O2. The van der Waals surface area contributed by atoms with Crippen molar-refractivity contribution in [3.8, 4) is 0 Å². The van der Waals surface area contributed by atoms with E-state index < -0.39 is 0 Å². The van der Waals surface area contributed by atoms with Gasteiger partial charge in [-0.1, -0.05) is 11.6 Å². The van der Waals surface area contributed by atoms with E-state index in [2.05, 4.69) is 11.4 Å². The molecule has 0 aromatic heterocycles. The number of hydrogen-bond donors (Lipinski definition) is 1. The van der Waals surface area contributed by atoms with E-state index in [1.54, 1.807) is 0 Å². The molecule has 1 fully saturated rings. The highest BCUT2D eigenvalue weighted by Crippen LogP contribution is 2.15. The maximum atomic E-state index is 11.3. The smallest absolute Gasteiger partial charge is 0.229 e. The van der Waals surface area contributed by atoms with Crippen molar-refractivity contribution in [1.29, 1.82) is 0 Å². The van der Waals surface area contributed by atoms with E-state index in [1.807, 2.05) is 0 Å². The Bertz CT molecular complexity index is 294. The van der Waals surface area contributed by atoms with Crippen molar-refractivity contribution in [2.75, 3.05) is 19.6 Å². The van der Waals surface area contributed by atoms with Gasteiger partial charge in [-0.25, -0.2) is 0 Å². The number of amides is 2. The highest BCUT2D eigenvalue weighted by atomic mass is 16.2. The lowest BCUT2D eigenvalue weighted by atomic mass is 10.1. The second kappa shape index (κ2) is 4.57. The summed E-state index contributed by atoms with van der Waals surface area (Å²) in [5.41, 5.74) is 1.36. The maximum Gasteiger partial charge on any atom is 0.229 e. The van der Waals surface area contributed by atoms with Crippen molar-refractivity contribution in [3.05, 3.63) is 11.6 Å². The Balaban J connectivity index is 1.84. The third-order valence-electron chi connectivity index (χ3n) is 2.97. The summed E-state index contributed by atoms with van der Waals surface area (Å²) in [6.45, 7) is 2.49.